The number of anilines is 3. The third-order valence-corrected chi connectivity index (χ3v) is 8.40. The number of pyridine rings is 1. The molecule has 6 rings (SSSR count). The molecule has 1 unspecified atom stereocenters. The molecular weight excluding hydrogens is 584 g/mol. The van der Waals surface area contributed by atoms with Gasteiger partial charge < -0.3 is 30.7 Å². The van der Waals surface area contributed by atoms with Crippen LogP contribution in [-0.4, -0.2) is 64.6 Å². The first-order valence-corrected chi connectivity index (χ1v) is 14.7. The van der Waals surface area contributed by atoms with Crippen molar-refractivity contribution in [1.29, 1.82) is 0 Å². The Kier molecular flexibility index (Phi) is 7.85. The Labute approximate surface area is 255 Å². The topological polar surface area (TPSA) is 153 Å². The van der Waals surface area contributed by atoms with Crippen molar-refractivity contribution in [3.8, 4) is 11.5 Å². The fourth-order valence-corrected chi connectivity index (χ4v) is 6.31. The highest BCUT2D eigenvalue weighted by molar-refractivity contribution is 7.21. The van der Waals surface area contributed by atoms with Crippen LogP contribution in [0.2, 0.25) is 0 Å². The molecule has 5 amide bonds. The lowest BCUT2D eigenvalue weighted by molar-refractivity contribution is -0.125. The number of rotatable bonds is 8. The van der Waals surface area contributed by atoms with Gasteiger partial charge in [0.05, 0.1) is 22.4 Å². The highest BCUT2D eigenvalue weighted by Gasteiger charge is 2.34. The summed E-state index contributed by atoms with van der Waals surface area (Å²) in [6.07, 6.45) is 3.76. The van der Waals surface area contributed by atoms with E-state index in [9.17, 15) is 19.2 Å². The number of likely N-dealkylation sites (tertiary alicyclic amines) is 1. The van der Waals surface area contributed by atoms with E-state index < -0.39 is 12.1 Å². The molecule has 4 N–H and O–H groups in total. The second-order valence-electron chi connectivity index (χ2n) is 10.3. The lowest BCUT2D eigenvalue weighted by Crippen LogP contribution is -2.39. The summed E-state index contributed by atoms with van der Waals surface area (Å²) in [6, 6.07) is 16.0. The number of nitrogens with one attached hydrogen (secondary N) is 3. The van der Waals surface area contributed by atoms with Crippen LogP contribution in [0, 0.1) is 6.92 Å². The summed E-state index contributed by atoms with van der Waals surface area (Å²) >= 11 is 1.19. The van der Waals surface area contributed by atoms with Gasteiger partial charge in [0.25, 0.3) is 5.91 Å². The number of hydrogen-bond donors (Lipinski definition) is 4. The molecular formula is C31H28N6O6S. The fraction of sp³-hybridized carbons (Fsp3) is 0.194. The minimum absolute atomic E-state index is 0.0243. The summed E-state index contributed by atoms with van der Waals surface area (Å²) in [7, 11) is 0. The smallest absolute Gasteiger partial charge is 0.404 e. The van der Waals surface area contributed by atoms with Crippen LogP contribution < -0.4 is 25.6 Å². The standard InChI is InChI=1S/C31H28N6O6S/c1-18-16-21(43-20-6-3-2-4-7-20)9-10-22(18)37-23-11-14-32-29-25(23)26(35-30(37)40)27(44-29)28(39)34-19-12-15-36(17-19)24(38)8-5-13-33-31(41)42/h2-11,14,16,19,33H,12-13,15,17H2,1H3,(H,34,39)(H,35,40)(H,41,42). The van der Waals surface area contributed by atoms with Gasteiger partial charge in [-0.25, -0.2) is 14.6 Å². The lowest BCUT2D eigenvalue weighted by Gasteiger charge is -2.29. The maximum Gasteiger partial charge on any atom is 0.404 e. The first kappa shape index (κ1) is 28.7. The number of benzene rings is 2. The van der Waals surface area contributed by atoms with Gasteiger partial charge in [0, 0.05) is 37.9 Å². The Hall–Kier alpha value is -5.43. The molecule has 2 aromatic heterocycles. The summed E-state index contributed by atoms with van der Waals surface area (Å²) < 4.78 is 5.96. The van der Waals surface area contributed by atoms with Crippen molar-refractivity contribution in [2.45, 2.75) is 19.4 Å². The minimum atomic E-state index is -1.17. The summed E-state index contributed by atoms with van der Waals surface area (Å²) in [6.45, 7) is 2.69. The van der Waals surface area contributed by atoms with Gasteiger partial charge in [0.15, 0.2) is 0 Å². The highest BCUT2D eigenvalue weighted by atomic mass is 32.1. The fourth-order valence-electron chi connectivity index (χ4n) is 5.29. The number of aryl methyl sites for hydroxylation is 1. The van der Waals surface area contributed by atoms with E-state index in [1.54, 1.807) is 28.1 Å². The van der Waals surface area contributed by atoms with E-state index in [0.29, 0.717) is 63.2 Å². The average Bonchev–Trinajstić information content (AvgIpc) is 3.62. The van der Waals surface area contributed by atoms with E-state index in [4.69, 9.17) is 9.84 Å². The second-order valence-corrected chi connectivity index (χ2v) is 11.3. The Morgan fingerprint density at radius 3 is 2.73 bits per heavy atom. The first-order chi connectivity index (χ1) is 21.3. The zero-order valence-corrected chi connectivity index (χ0v) is 24.4. The molecule has 1 fully saturated rings. The van der Waals surface area contributed by atoms with Gasteiger partial charge in [-0.15, -0.1) is 11.3 Å². The second kappa shape index (κ2) is 12.1. The van der Waals surface area contributed by atoms with Crippen LogP contribution >= 0.6 is 11.3 Å². The number of amides is 5. The molecule has 12 nitrogen and oxygen atoms in total. The van der Waals surface area contributed by atoms with Gasteiger partial charge in [0.1, 0.15) is 21.2 Å². The zero-order chi connectivity index (χ0) is 30.8. The lowest BCUT2D eigenvalue weighted by atomic mass is 10.1. The molecule has 0 radical (unpaired) electrons. The number of carbonyl (C=O) groups excluding carboxylic acids is 3. The number of para-hydroxylation sites is 1. The molecule has 4 heterocycles. The molecule has 1 saturated heterocycles. The summed E-state index contributed by atoms with van der Waals surface area (Å²) in [5.41, 5.74) is 2.52. The predicted octanol–water partition coefficient (Wildman–Crippen LogP) is 5.24. The summed E-state index contributed by atoms with van der Waals surface area (Å²) in [5.74, 6) is 0.728. The minimum Gasteiger partial charge on any atom is -0.465 e. The van der Waals surface area contributed by atoms with Crippen molar-refractivity contribution in [1.82, 2.24) is 20.5 Å². The van der Waals surface area contributed by atoms with Gasteiger partial charge in [0.2, 0.25) is 5.91 Å². The Balaban J connectivity index is 1.19. The number of nitrogens with zero attached hydrogens (tertiary/aromatic N) is 3. The van der Waals surface area contributed by atoms with E-state index in [0.717, 1.165) is 5.56 Å². The normalized spacial score (nSPS) is 15.8. The number of ether oxygens (including phenoxy) is 1. The molecule has 4 aromatic rings. The van der Waals surface area contributed by atoms with E-state index >= 15 is 0 Å². The van der Waals surface area contributed by atoms with E-state index in [1.807, 2.05) is 49.4 Å². The van der Waals surface area contributed by atoms with Crippen LogP contribution in [0.25, 0.3) is 10.2 Å². The van der Waals surface area contributed by atoms with Crippen LogP contribution in [-0.2, 0) is 4.79 Å². The third-order valence-electron chi connectivity index (χ3n) is 7.31. The molecule has 2 aliphatic heterocycles. The summed E-state index contributed by atoms with van der Waals surface area (Å²) in [4.78, 5) is 58.6. The quantitative estimate of drug-likeness (QED) is 0.199. The number of aromatic nitrogens is 1. The van der Waals surface area contributed by atoms with Crippen LogP contribution in [0.15, 0.2) is 72.9 Å². The maximum atomic E-state index is 13.6. The van der Waals surface area contributed by atoms with Gasteiger partial charge >= 0.3 is 12.1 Å². The van der Waals surface area contributed by atoms with E-state index in [2.05, 4.69) is 20.9 Å². The van der Waals surface area contributed by atoms with Gasteiger partial charge in [-0.05, 0) is 55.3 Å². The first-order valence-electron chi connectivity index (χ1n) is 13.9. The zero-order valence-electron chi connectivity index (χ0n) is 23.6. The number of thiophene rings is 1. The van der Waals surface area contributed by atoms with Crippen LogP contribution in [0.1, 0.15) is 21.7 Å². The number of carbonyl (C=O) groups is 4. The van der Waals surface area contributed by atoms with Gasteiger partial charge in [-0.1, -0.05) is 24.3 Å². The van der Waals surface area contributed by atoms with Gasteiger partial charge in [-0.3, -0.25) is 14.5 Å². The molecule has 0 spiro atoms. The van der Waals surface area contributed by atoms with Crippen molar-refractivity contribution >= 4 is 62.6 Å². The average molecular weight is 613 g/mol. The molecule has 2 aromatic carbocycles. The van der Waals surface area contributed by atoms with Crippen molar-refractivity contribution in [3.63, 3.8) is 0 Å². The van der Waals surface area contributed by atoms with Crippen molar-refractivity contribution in [2.75, 3.05) is 29.9 Å². The number of carboxylic acid groups (broad SMARTS) is 1. The van der Waals surface area contributed by atoms with Crippen molar-refractivity contribution in [2.24, 2.45) is 0 Å². The van der Waals surface area contributed by atoms with Gasteiger partial charge in [-0.2, -0.15) is 0 Å². The molecule has 1 atom stereocenters. The third kappa shape index (κ3) is 5.77. The summed E-state index contributed by atoms with van der Waals surface area (Å²) in [5, 5.41) is 17.4. The molecule has 13 heteroatoms. The molecule has 2 aliphatic rings. The number of urea groups is 1. The Morgan fingerprint density at radius 1 is 1.14 bits per heavy atom. The molecule has 0 saturated carbocycles. The Bertz CT molecular complexity index is 1810. The van der Waals surface area contributed by atoms with Crippen molar-refractivity contribution in [3.05, 3.63) is 83.4 Å². The monoisotopic (exact) mass is 612 g/mol. The SMILES string of the molecule is Cc1cc(Oc2ccccc2)ccc1N1C(=O)Nc2c(C(=O)NC3CCN(C(=O)C=CCNC(=O)O)C3)sc3nccc1c23. The highest BCUT2D eigenvalue weighted by Crippen LogP contribution is 2.46. The Morgan fingerprint density at radius 2 is 1.95 bits per heavy atom. The molecule has 0 bridgehead atoms. The van der Waals surface area contributed by atoms with E-state index in [1.165, 1.54) is 23.5 Å². The van der Waals surface area contributed by atoms with E-state index in [-0.39, 0.29) is 24.4 Å². The van der Waals surface area contributed by atoms with Crippen molar-refractivity contribution < 1.29 is 29.0 Å². The molecule has 224 valence electrons. The maximum absolute atomic E-state index is 13.6. The molecule has 44 heavy (non-hydrogen) atoms. The number of hydrogen-bond acceptors (Lipinski definition) is 7. The largest absolute Gasteiger partial charge is 0.465 e. The molecule has 0 aliphatic carbocycles. The predicted molar refractivity (Wildman–Crippen MR) is 166 cm³/mol. The van der Waals surface area contributed by atoms with Crippen LogP contribution in [0.4, 0.5) is 26.7 Å². The van der Waals surface area contributed by atoms with Crippen LogP contribution in [0.5, 0.6) is 11.5 Å². The van der Waals surface area contributed by atoms with Crippen LogP contribution in [0.3, 0.4) is 0 Å².